The number of nitrogen functional groups attached to an aromatic ring is 1. The van der Waals surface area contributed by atoms with E-state index >= 15 is 0 Å². The number of amides is 8. The molecule has 0 atom stereocenters. The van der Waals surface area contributed by atoms with Gasteiger partial charge in [0, 0.05) is 60.6 Å². The fraction of sp³-hybridized carbons (Fsp3) is 0.278. The van der Waals surface area contributed by atoms with Crippen LogP contribution in [0, 0.1) is 30.2 Å². The van der Waals surface area contributed by atoms with Crippen LogP contribution in [-0.2, 0) is 68.8 Å². The molecule has 12 N–H and O–H groups in total. The van der Waals surface area contributed by atoms with Crippen molar-refractivity contribution in [3.63, 3.8) is 0 Å². The predicted octanol–water partition coefficient (Wildman–Crippen LogP) is 3.81. The number of fused-ring (bicyclic) bond motifs is 5. The molecule has 0 spiro atoms. The second kappa shape index (κ2) is 25.5. The third kappa shape index (κ3) is 14.6. The van der Waals surface area contributed by atoms with Crippen molar-refractivity contribution in [3.05, 3.63) is 117 Å². The van der Waals surface area contributed by atoms with E-state index in [0.29, 0.717) is 69.4 Å². The van der Waals surface area contributed by atoms with Crippen molar-refractivity contribution in [2.24, 2.45) is 0 Å². The summed E-state index contributed by atoms with van der Waals surface area (Å²) in [5.74, 6) is -6.18. The molecule has 0 radical (unpaired) electrons. The molecule has 10 rings (SSSR count). The van der Waals surface area contributed by atoms with Gasteiger partial charge in [-0.2, -0.15) is 0 Å². The summed E-state index contributed by atoms with van der Waals surface area (Å²) >= 11 is 0. The number of hydrogen-bond donors (Lipinski definition) is 11. The number of halogens is 4. The Kier molecular flexibility index (Phi) is 18.7. The van der Waals surface area contributed by atoms with E-state index < -0.39 is 72.7 Å². The van der Waals surface area contributed by atoms with Crippen LogP contribution in [0.4, 0.5) is 63.1 Å². The van der Waals surface area contributed by atoms with Crippen LogP contribution in [0.15, 0.2) is 48.5 Å². The average molecular weight is 1130 g/mol. The number of rotatable bonds is 11. The number of benzene rings is 4. The van der Waals surface area contributed by atoms with Gasteiger partial charge in [-0.05, 0) is 111 Å². The first-order valence-corrected chi connectivity index (χ1v) is 24.8. The molecule has 426 valence electrons. The molecule has 0 unspecified atom stereocenters. The number of nitrogens with zero attached hydrogens (tertiary/aromatic N) is 2. The molecule has 5 aliphatic rings. The zero-order chi connectivity index (χ0) is 59.0. The largest absolute Gasteiger partial charge is 0.456 e. The Morgan fingerprint density at radius 1 is 0.691 bits per heavy atom. The summed E-state index contributed by atoms with van der Waals surface area (Å²) in [6, 6.07) is 10.3. The Labute approximate surface area is 458 Å². The molecular weight excluding hydrogens is 1070 g/mol. The lowest BCUT2D eigenvalue weighted by Crippen LogP contribution is -2.36. The number of carbonyl (C=O) groups excluding carboxylic acids is 9. The second-order valence-corrected chi connectivity index (χ2v) is 19.0. The summed E-state index contributed by atoms with van der Waals surface area (Å²) in [6.07, 6.45) is 3.68. The molecule has 0 saturated carbocycles. The summed E-state index contributed by atoms with van der Waals surface area (Å²) in [7, 11) is 3.94. The van der Waals surface area contributed by atoms with Gasteiger partial charge in [0.2, 0.25) is 29.5 Å². The van der Waals surface area contributed by atoms with Gasteiger partial charge in [0.1, 0.15) is 36.5 Å². The maximum Gasteiger partial charge on any atom is 0.303 e. The molecule has 0 fully saturated rings. The van der Waals surface area contributed by atoms with Gasteiger partial charge in [-0.1, -0.05) is 0 Å². The van der Waals surface area contributed by atoms with Crippen LogP contribution in [0.1, 0.15) is 62.9 Å². The van der Waals surface area contributed by atoms with Crippen LogP contribution in [0.25, 0.3) is 11.6 Å². The molecule has 0 bridgehead atoms. The number of aliphatic hydroxyl groups is 2. The normalized spacial score (nSPS) is 14.6. The number of likely N-dealkylation sites (N-methyl/N-ethyl adjacent to an activating group) is 1. The third-order valence-corrected chi connectivity index (χ3v) is 12.7. The number of anilines is 8. The molecule has 0 aliphatic carbocycles. The smallest absolute Gasteiger partial charge is 0.303 e. The van der Waals surface area contributed by atoms with E-state index in [1.165, 1.54) is 55.5 Å². The Balaban J connectivity index is 0.000000170. The Bertz CT molecular complexity index is 3420. The first-order chi connectivity index (χ1) is 38.4. The number of aliphatic hydroxyl groups excluding tert-OH is 2. The summed E-state index contributed by atoms with van der Waals surface area (Å²) in [6.45, 7) is 3.11. The van der Waals surface area contributed by atoms with E-state index in [9.17, 15) is 60.7 Å². The number of nitrogens with two attached hydrogens (primary N) is 1. The molecule has 81 heavy (non-hydrogen) atoms. The maximum absolute atomic E-state index is 14.6. The molecular formula is C54H55F4N11O12. The van der Waals surface area contributed by atoms with Crippen molar-refractivity contribution in [3.8, 4) is 0 Å². The van der Waals surface area contributed by atoms with E-state index in [4.69, 9.17) is 15.9 Å². The zero-order valence-corrected chi connectivity index (χ0v) is 43.9. The van der Waals surface area contributed by atoms with Crippen molar-refractivity contribution in [1.29, 1.82) is 0 Å². The second-order valence-electron chi connectivity index (χ2n) is 19.0. The number of H-pyrrole nitrogens is 1. The molecule has 0 saturated heterocycles. The van der Waals surface area contributed by atoms with Gasteiger partial charge < -0.3 is 72.7 Å². The zero-order valence-electron chi connectivity index (χ0n) is 43.9. The van der Waals surface area contributed by atoms with Gasteiger partial charge in [-0.3, -0.25) is 43.2 Å². The van der Waals surface area contributed by atoms with Crippen LogP contribution in [0.5, 0.6) is 0 Å². The topological polar surface area (TPSA) is 336 Å². The molecule has 4 aromatic carbocycles. The lowest BCUT2D eigenvalue weighted by atomic mass is 10.0. The van der Waals surface area contributed by atoms with Gasteiger partial charge in [-0.25, -0.2) is 17.6 Å². The van der Waals surface area contributed by atoms with Crippen LogP contribution in [0.2, 0.25) is 0 Å². The summed E-state index contributed by atoms with van der Waals surface area (Å²) in [5.41, 5.74) is 12.3. The maximum atomic E-state index is 14.6. The highest BCUT2D eigenvalue weighted by molar-refractivity contribution is 6.35. The van der Waals surface area contributed by atoms with Crippen LogP contribution >= 0.6 is 0 Å². The molecule has 5 aliphatic heterocycles. The number of aryl methyl sites for hydroxylation is 1. The van der Waals surface area contributed by atoms with Crippen LogP contribution in [0.3, 0.4) is 0 Å². The summed E-state index contributed by atoms with van der Waals surface area (Å²) in [5, 5.41) is 34.5. The fourth-order valence-corrected chi connectivity index (χ4v) is 8.81. The van der Waals surface area contributed by atoms with Crippen LogP contribution < -0.4 is 43.0 Å². The highest BCUT2D eigenvalue weighted by Gasteiger charge is 2.31. The first-order valence-electron chi connectivity index (χ1n) is 24.8. The Morgan fingerprint density at radius 2 is 1.17 bits per heavy atom. The van der Waals surface area contributed by atoms with Gasteiger partial charge in [0.25, 0.3) is 17.7 Å². The van der Waals surface area contributed by atoms with Crippen molar-refractivity contribution >= 4 is 110 Å². The molecule has 6 heterocycles. The highest BCUT2D eigenvalue weighted by Crippen LogP contribution is 2.38. The van der Waals surface area contributed by atoms with E-state index in [2.05, 4.69) is 46.9 Å². The van der Waals surface area contributed by atoms with Gasteiger partial charge in [0.05, 0.1) is 58.8 Å². The number of aromatic nitrogens is 1. The van der Waals surface area contributed by atoms with Crippen molar-refractivity contribution in [2.75, 3.05) is 96.5 Å². The van der Waals surface area contributed by atoms with Crippen molar-refractivity contribution in [2.45, 2.75) is 46.0 Å². The molecule has 23 nitrogen and oxygen atoms in total. The third-order valence-electron chi connectivity index (χ3n) is 12.7. The van der Waals surface area contributed by atoms with Crippen molar-refractivity contribution < 1.29 is 75.7 Å². The fourth-order valence-electron chi connectivity index (χ4n) is 8.81. The Hall–Kier alpha value is -9.47. The minimum Gasteiger partial charge on any atom is -0.456 e. The predicted molar refractivity (Wildman–Crippen MR) is 289 cm³/mol. The minimum atomic E-state index is -0.782. The van der Waals surface area contributed by atoms with Gasteiger partial charge >= 0.3 is 5.97 Å². The Morgan fingerprint density at radius 3 is 1.68 bits per heavy atom. The SMILES string of the molecule is CC(=O)OCC(=O)Nc1cc2c(cc1F)CC(=O)N2.Cc1c(/C=C2\C(=O)Nc3cc(NC(=O)CO)c(F)cc32)[nH]c2c1C(=O)N(CCN(C)C)CCC2.Nc1cc2c(cc1F)CC(=O)N2.O=C(CO)Nc1cc2c(cc1F)CC(=O)N2. The molecule has 27 heteroatoms. The number of aromatic amines is 1. The molecule has 5 aromatic rings. The standard InChI is InChI=1S/C24H28FN5O4.C12H11FN2O4.C10H9FN2O3.C8H7FN2O/c1-13-18(26-17-5-4-6-30(8-7-29(2)3)24(34)22(13)17)10-15-14-9-16(25)20(27-21(32)12-31)11-19(14)28-23(15)33;1-6(16)19-5-12(18)15-10-4-9-7(2-8(10)13)3-11(17)14-9;11-6-1-5-2-9(15)12-7(5)3-8(6)13-10(16)4-14;9-5-1-4-2-8(12)11-7(4)3-6(5)10/h9-11,26,31H,4-8,12H2,1-3H3,(H,27,32)(H,28,33);2,4H,3,5H2,1H3,(H,14,17)(H,15,18);1,3,14H,2,4H2,(H,12,15)(H,13,16);1,3H,2,10H2,(H,11,12)/b15-10-;;;. The average Bonchev–Trinajstić information content (AvgIpc) is 4.19. The van der Waals surface area contributed by atoms with E-state index in [-0.39, 0.29) is 71.2 Å². The van der Waals surface area contributed by atoms with Gasteiger partial charge in [0.15, 0.2) is 6.61 Å². The summed E-state index contributed by atoms with van der Waals surface area (Å²) < 4.78 is 59.0. The molecule has 8 amide bonds. The van der Waals surface area contributed by atoms with Crippen LogP contribution in [-0.4, -0.2) is 132 Å². The monoisotopic (exact) mass is 1130 g/mol. The minimum absolute atomic E-state index is 0.0284. The first kappa shape index (κ1) is 59.2. The van der Waals surface area contributed by atoms with E-state index in [0.717, 1.165) is 30.6 Å². The number of carbonyl (C=O) groups is 9. The van der Waals surface area contributed by atoms with E-state index in [1.54, 1.807) is 6.08 Å². The summed E-state index contributed by atoms with van der Waals surface area (Å²) in [4.78, 5) is 110. The number of esters is 1. The lowest BCUT2D eigenvalue weighted by Gasteiger charge is -2.23. The molecule has 1 aromatic heterocycles. The highest BCUT2D eigenvalue weighted by atomic mass is 19.1. The number of ether oxygens (including phenoxy) is 1. The quantitative estimate of drug-likeness (QED) is 0.0388. The number of hydrogen-bond acceptors (Lipinski definition) is 14. The van der Waals surface area contributed by atoms with E-state index in [1.807, 2.05) is 30.8 Å². The lowest BCUT2D eigenvalue weighted by molar-refractivity contribution is -0.145. The van der Waals surface area contributed by atoms with Crippen molar-refractivity contribution in [1.82, 2.24) is 14.8 Å². The van der Waals surface area contributed by atoms with Gasteiger partial charge in [-0.15, -0.1) is 0 Å². The number of nitrogens with one attached hydrogen (secondary N) is 8.